The molecule has 116 valence electrons. The van der Waals surface area contributed by atoms with E-state index in [0.29, 0.717) is 5.15 Å². The van der Waals surface area contributed by atoms with E-state index in [1.807, 2.05) is 6.07 Å². The monoisotopic (exact) mass is 308 g/mol. The normalized spacial score (nSPS) is 20.9. The molecule has 1 aliphatic carbocycles. The summed E-state index contributed by atoms with van der Waals surface area (Å²) in [6.45, 7) is 12.0. The Bertz CT molecular complexity index is 499. The fraction of sp³-hybridized carbons (Fsp3) is 0.750. The molecule has 1 aliphatic heterocycles. The van der Waals surface area contributed by atoms with Gasteiger partial charge in [-0.2, -0.15) is 0 Å². The fourth-order valence-corrected chi connectivity index (χ4v) is 2.91. The first-order valence-corrected chi connectivity index (χ1v) is 8.32. The number of piperazine rings is 1. The number of hydrogen-bond acceptors (Lipinski definition) is 4. The molecule has 3 rings (SSSR count). The Morgan fingerprint density at radius 2 is 1.81 bits per heavy atom. The molecule has 0 spiro atoms. The summed E-state index contributed by atoms with van der Waals surface area (Å²) < 4.78 is 0. The summed E-state index contributed by atoms with van der Waals surface area (Å²) in [5, 5.41) is 0.547. The topological polar surface area (TPSA) is 32.3 Å². The summed E-state index contributed by atoms with van der Waals surface area (Å²) >= 11 is 6.19. The van der Waals surface area contributed by atoms with Gasteiger partial charge in [-0.05, 0) is 18.8 Å². The van der Waals surface area contributed by atoms with Crippen molar-refractivity contribution in [2.45, 2.75) is 39.0 Å². The maximum atomic E-state index is 6.19. The van der Waals surface area contributed by atoms with Crippen LogP contribution in [0.1, 0.15) is 39.4 Å². The van der Waals surface area contributed by atoms with Crippen LogP contribution in [0.5, 0.6) is 0 Å². The number of nitrogens with zero attached hydrogens (tertiary/aromatic N) is 4. The smallest absolute Gasteiger partial charge is 0.137 e. The Morgan fingerprint density at radius 3 is 2.38 bits per heavy atom. The van der Waals surface area contributed by atoms with Crippen LogP contribution in [-0.4, -0.2) is 47.6 Å². The highest BCUT2D eigenvalue weighted by atomic mass is 35.5. The largest absolute Gasteiger partial charge is 0.354 e. The second kappa shape index (κ2) is 5.73. The van der Waals surface area contributed by atoms with Crippen molar-refractivity contribution in [2.24, 2.45) is 5.92 Å². The summed E-state index contributed by atoms with van der Waals surface area (Å²) in [5.41, 5.74) is -0.0759. The zero-order valence-corrected chi connectivity index (χ0v) is 14.0. The third-order valence-corrected chi connectivity index (χ3v) is 4.46. The lowest BCUT2D eigenvalue weighted by atomic mass is 9.96. The molecule has 2 heterocycles. The van der Waals surface area contributed by atoms with Crippen molar-refractivity contribution < 1.29 is 0 Å². The average molecular weight is 309 g/mol. The number of aromatic nitrogens is 2. The molecule has 0 atom stereocenters. The van der Waals surface area contributed by atoms with Gasteiger partial charge in [0.05, 0.1) is 0 Å². The fourth-order valence-electron chi connectivity index (χ4n) is 2.73. The maximum Gasteiger partial charge on any atom is 0.137 e. The Balaban J connectivity index is 1.68. The molecule has 0 radical (unpaired) electrons. The molecule has 1 saturated heterocycles. The van der Waals surface area contributed by atoms with Crippen molar-refractivity contribution in [2.75, 3.05) is 37.6 Å². The molecule has 5 heteroatoms. The minimum atomic E-state index is -0.0759. The van der Waals surface area contributed by atoms with Crippen LogP contribution in [0.4, 0.5) is 5.82 Å². The highest BCUT2D eigenvalue weighted by Gasteiger charge is 2.27. The number of anilines is 1. The predicted molar refractivity (Wildman–Crippen MR) is 87.1 cm³/mol. The summed E-state index contributed by atoms with van der Waals surface area (Å²) in [4.78, 5) is 14.0. The van der Waals surface area contributed by atoms with Gasteiger partial charge in [0, 0.05) is 44.2 Å². The van der Waals surface area contributed by atoms with E-state index in [1.54, 1.807) is 0 Å². The molecule has 1 aromatic rings. The molecule has 2 fully saturated rings. The van der Waals surface area contributed by atoms with Crippen LogP contribution < -0.4 is 4.90 Å². The van der Waals surface area contributed by atoms with Crippen LogP contribution in [0.25, 0.3) is 0 Å². The van der Waals surface area contributed by atoms with Crippen molar-refractivity contribution in [1.29, 1.82) is 0 Å². The number of rotatable bonds is 3. The molecule has 21 heavy (non-hydrogen) atoms. The van der Waals surface area contributed by atoms with Gasteiger partial charge in [-0.15, -0.1) is 0 Å². The third-order valence-electron chi connectivity index (χ3n) is 4.26. The molecule has 4 nitrogen and oxygen atoms in total. The third kappa shape index (κ3) is 3.86. The van der Waals surface area contributed by atoms with Gasteiger partial charge >= 0.3 is 0 Å². The minimum absolute atomic E-state index is 0.0759. The Morgan fingerprint density at radius 1 is 1.14 bits per heavy atom. The van der Waals surface area contributed by atoms with Crippen LogP contribution in [-0.2, 0) is 5.41 Å². The molecule has 0 unspecified atom stereocenters. The van der Waals surface area contributed by atoms with Gasteiger partial charge in [-0.25, -0.2) is 9.97 Å². The lowest BCUT2D eigenvalue weighted by Gasteiger charge is -2.35. The van der Waals surface area contributed by atoms with Crippen molar-refractivity contribution in [1.82, 2.24) is 14.9 Å². The van der Waals surface area contributed by atoms with Crippen molar-refractivity contribution in [3.05, 3.63) is 17.0 Å². The molecule has 0 aromatic carbocycles. The average Bonchev–Trinajstić information content (AvgIpc) is 3.22. The van der Waals surface area contributed by atoms with Crippen LogP contribution in [0, 0.1) is 5.92 Å². The second-order valence-corrected chi connectivity index (χ2v) is 7.74. The van der Waals surface area contributed by atoms with Gasteiger partial charge in [-0.3, -0.25) is 4.90 Å². The van der Waals surface area contributed by atoms with Crippen LogP contribution in [0.3, 0.4) is 0 Å². The van der Waals surface area contributed by atoms with E-state index >= 15 is 0 Å². The van der Waals surface area contributed by atoms with E-state index in [4.69, 9.17) is 16.6 Å². The summed E-state index contributed by atoms with van der Waals surface area (Å²) in [6.07, 6.45) is 2.85. The molecule has 0 amide bonds. The first kappa shape index (κ1) is 15.0. The van der Waals surface area contributed by atoms with E-state index in [-0.39, 0.29) is 5.41 Å². The quantitative estimate of drug-likeness (QED) is 0.804. The van der Waals surface area contributed by atoms with Crippen molar-refractivity contribution in [3.8, 4) is 0 Å². The predicted octanol–water partition coefficient (Wildman–Crippen LogP) is 2.96. The lowest BCUT2D eigenvalue weighted by molar-refractivity contribution is 0.247. The highest BCUT2D eigenvalue weighted by Crippen LogP contribution is 2.30. The van der Waals surface area contributed by atoms with Crippen molar-refractivity contribution in [3.63, 3.8) is 0 Å². The van der Waals surface area contributed by atoms with Crippen LogP contribution in [0.2, 0.25) is 5.15 Å². The van der Waals surface area contributed by atoms with Gasteiger partial charge in [-0.1, -0.05) is 32.4 Å². The van der Waals surface area contributed by atoms with Gasteiger partial charge in [0.2, 0.25) is 0 Å². The Hall–Kier alpha value is -0.870. The van der Waals surface area contributed by atoms with Gasteiger partial charge < -0.3 is 4.90 Å². The number of halogens is 1. The Kier molecular flexibility index (Phi) is 4.10. The first-order chi connectivity index (χ1) is 9.91. The summed E-state index contributed by atoms with van der Waals surface area (Å²) in [5.74, 6) is 2.77. The minimum Gasteiger partial charge on any atom is -0.354 e. The molecular formula is C16H25ClN4. The van der Waals surface area contributed by atoms with Crippen molar-refractivity contribution >= 4 is 17.4 Å². The van der Waals surface area contributed by atoms with E-state index in [2.05, 4.69) is 35.6 Å². The molecule has 2 aliphatic rings. The SMILES string of the molecule is CC(C)(C)c1nc(Cl)cc(N2CCN(CC3CC3)CC2)n1. The van der Waals surface area contributed by atoms with Gasteiger partial charge in [0.1, 0.15) is 16.8 Å². The summed E-state index contributed by atoms with van der Waals surface area (Å²) in [7, 11) is 0. The molecular weight excluding hydrogens is 284 g/mol. The zero-order chi connectivity index (χ0) is 15.0. The van der Waals surface area contributed by atoms with E-state index < -0.39 is 0 Å². The molecule has 0 bridgehead atoms. The maximum absolute atomic E-state index is 6.19. The molecule has 1 aromatic heterocycles. The van der Waals surface area contributed by atoms with Gasteiger partial charge in [0.25, 0.3) is 0 Å². The van der Waals surface area contributed by atoms with Crippen LogP contribution >= 0.6 is 11.6 Å². The molecule has 0 N–H and O–H groups in total. The standard InChI is InChI=1S/C16H25ClN4/c1-16(2,3)15-18-13(17)10-14(19-15)21-8-6-20(7-9-21)11-12-4-5-12/h10,12H,4-9,11H2,1-3H3. The van der Waals surface area contributed by atoms with Crippen LogP contribution in [0.15, 0.2) is 6.07 Å². The first-order valence-electron chi connectivity index (χ1n) is 7.94. The lowest BCUT2D eigenvalue weighted by Crippen LogP contribution is -2.47. The van der Waals surface area contributed by atoms with E-state index in [1.165, 1.54) is 19.4 Å². The number of hydrogen-bond donors (Lipinski definition) is 0. The highest BCUT2D eigenvalue weighted by molar-refractivity contribution is 6.29. The van der Waals surface area contributed by atoms with Gasteiger partial charge in [0.15, 0.2) is 0 Å². The second-order valence-electron chi connectivity index (χ2n) is 7.35. The molecule has 1 saturated carbocycles. The Labute approximate surface area is 132 Å². The van der Waals surface area contributed by atoms with E-state index in [9.17, 15) is 0 Å². The summed E-state index contributed by atoms with van der Waals surface area (Å²) in [6, 6.07) is 1.90. The van der Waals surface area contributed by atoms with E-state index in [0.717, 1.165) is 43.7 Å². The zero-order valence-electron chi connectivity index (χ0n) is 13.3.